The number of fused-ring (bicyclic) bond motifs is 1. The molecule has 3 rings (SSSR count). The van der Waals surface area contributed by atoms with Crippen molar-refractivity contribution < 1.29 is 19.1 Å². The highest BCUT2D eigenvalue weighted by Crippen LogP contribution is 2.28. The van der Waals surface area contributed by atoms with Gasteiger partial charge >= 0.3 is 6.09 Å². The molecule has 0 aromatic heterocycles. The Labute approximate surface area is 176 Å². The number of nitrogens with one attached hydrogen (secondary N) is 2. The van der Waals surface area contributed by atoms with Crippen molar-refractivity contribution in [2.45, 2.75) is 33.0 Å². The monoisotopic (exact) mass is 406 g/mol. The zero-order chi connectivity index (χ0) is 21.6. The molecule has 0 radical (unpaired) electrons. The number of carbonyl (C=O) groups is 2. The minimum absolute atomic E-state index is 0.185. The number of carbonyl (C=O) groups excluding carboxylic acids is 2. The summed E-state index contributed by atoms with van der Waals surface area (Å²) < 4.78 is 11.0. The predicted octanol–water partition coefficient (Wildman–Crippen LogP) is 4.88. The number of hydrogen-bond donors (Lipinski definition) is 2. The SMILES string of the molecule is CC(C)(C)OC(=O)NCC(=O)Nc1cccc2ccc(OCc3ccccc3)cc12. The normalized spacial score (nSPS) is 11.0. The summed E-state index contributed by atoms with van der Waals surface area (Å²) >= 11 is 0. The molecule has 0 spiro atoms. The molecule has 30 heavy (non-hydrogen) atoms. The largest absolute Gasteiger partial charge is 0.489 e. The molecule has 0 atom stereocenters. The van der Waals surface area contributed by atoms with Crippen LogP contribution in [0.3, 0.4) is 0 Å². The summed E-state index contributed by atoms with van der Waals surface area (Å²) in [5.74, 6) is 0.365. The number of rotatable bonds is 6. The molecule has 0 bridgehead atoms. The van der Waals surface area contributed by atoms with E-state index in [9.17, 15) is 9.59 Å². The maximum absolute atomic E-state index is 12.3. The third-order valence-corrected chi connectivity index (χ3v) is 4.17. The topological polar surface area (TPSA) is 76.7 Å². The smallest absolute Gasteiger partial charge is 0.408 e. The van der Waals surface area contributed by atoms with Gasteiger partial charge in [0, 0.05) is 11.1 Å². The lowest BCUT2D eigenvalue weighted by Gasteiger charge is -2.19. The summed E-state index contributed by atoms with van der Waals surface area (Å²) in [4.78, 5) is 24.0. The highest BCUT2D eigenvalue weighted by Gasteiger charge is 2.16. The highest BCUT2D eigenvalue weighted by atomic mass is 16.6. The Hall–Kier alpha value is -3.54. The fraction of sp³-hybridized carbons (Fsp3) is 0.250. The van der Waals surface area contributed by atoms with Crippen LogP contribution in [0.5, 0.6) is 5.75 Å². The van der Waals surface area contributed by atoms with Gasteiger partial charge in [-0.3, -0.25) is 4.79 Å². The van der Waals surface area contributed by atoms with E-state index in [-0.39, 0.29) is 12.5 Å². The molecule has 0 heterocycles. The van der Waals surface area contributed by atoms with Gasteiger partial charge in [0.2, 0.25) is 5.91 Å². The van der Waals surface area contributed by atoms with E-state index in [0.29, 0.717) is 18.0 Å². The van der Waals surface area contributed by atoms with Crippen LogP contribution in [0.1, 0.15) is 26.3 Å². The third kappa shape index (κ3) is 6.24. The lowest BCUT2D eigenvalue weighted by molar-refractivity contribution is -0.115. The Bertz CT molecular complexity index is 1030. The van der Waals surface area contributed by atoms with Gasteiger partial charge in [-0.1, -0.05) is 48.5 Å². The molecule has 0 saturated heterocycles. The van der Waals surface area contributed by atoms with Crippen molar-refractivity contribution in [3.05, 3.63) is 72.3 Å². The number of hydrogen-bond acceptors (Lipinski definition) is 4. The van der Waals surface area contributed by atoms with Crippen molar-refractivity contribution in [2.75, 3.05) is 11.9 Å². The molecular formula is C24H26N2O4. The minimum Gasteiger partial charge on any atom is -0.489 e. The van der Waals surface area contributed by atoms with Gasteiger partial charge in [-0.15, -0.1) is 0 Å². The van der Waals surface area contributed by atoms with Gasteiger partial charge in [0.25, 0.3) is 0 Å². The van der Waals surface area contributed by atoms with Crippen LogP contribution in [0, 0.1) is 0 Å². The van der Waals surface area contributed by atoms with Crippen LogP contribution in [0.25, 0.3) is 10.8 Å². The molecule has 2 N–H and O–H groups in total. The number of anilines is 1. The van der Waals surface area contributed by atoms with Crippen molar-refractivity contribution in [3.63, 3.8) is 0 Å². The molecule has 6 heteroatoms. The summed E-state index contributed by atoms with van der Waals surface area (Å²) in [7, 11) is 0. The molecule has 2 amide bonds. The van der Waals surface area contributed by atoms with Crippen LogP contribution in [0.15, 0.2) is 66.7 Å². The maximum atomic E-state index is 12.3. The van der Waals surface area contributed by atoms with E-state index >= 15 is 0 Å². The number of benzene rings is 3. The van der Waals surface area contributed by atoms with E-state index in [4.69, 9.17) is 9.47 Å². The van der Waals surface area contributed by atoms with E-state index in [1.165, 1.54) is 0 Å². The van der Waals surface area contributed by atoms with E-state index in [1.54, 1.807) is 20.8 Å². The van der Waals surface area contributed by atoms with Crippen LogP contribution in [-0.2, 0) is 16.1 Å². The van der Waals surface area contributed by atoms with Gasteiger partial charge < -0.3 is 20.1 Å². The van der Waals surface area contributed by atoms with E-state index < -0.39 is 11.7 Å². The Kier molecular flexibility index (Phi) is 6.57. The molecule has 6 nitrogen and oxygen atoms in total. The summed E-state index contributed by atoms with van der Waals surface area (Å²) in [5, 5.41) is 7.13. The zero-order valence-corrected chi connectivity index (χ0v) is 17.4. The lowest BCUT2D eigenvalue weighted by Crippen LogP contribution is -2.37. The standard InChI is InChI=1S/C24H26N2O4/c1-24(2,3)30-23(28)25-15-22(27)26-21-11-7-10-18-12-13-19(14-20(18)21)29-16-17-8-5-4-6-9-17/h4-14H,15-16H2,1-3H3,(H,25,28)(H,26,27). The second-order valence-corrected chi connectivity index (χ2v) is 7.87. The van der Waals surface area contributed by atoms with Crippen LogP contribution < -0.4 is 15.4 Å². The van der Waals surface area contributed by atoms with E-state index in [2.05, 4.69) is 10.6 Å². The Morgan fingerprint density at radius 2 is 1.70 bits per heavy atom. The third-order valence-electron chi connectivity index (χ3n) is 4.17. The van der Waals surface area contributed by atoms with E-state index in [0.717, 1.165) is 16.3 Å². The van der Waals surface area contributed by atoms with Crippen molar-refractivity contribution >= 4 is 28.5 Å². The number of amides is 2. The van der Waals surface area contributed by atoms with Gasteiger partial charge in [0.05, 0.1) is 0 Å². The van der Waals surface area contributed by atoms with Gasteiger partial charge in [0.15, 0.2) is 0 Å². The average molecular weight is 406 g/mol. The van der Waals surface area contributed by atoms with Crippen LogP contribution in [0.2, 0.25) is 0 Å². The fourth-order valence-electron chi connectivity index (χ4n) is 2.85. The van der Waals surface area contributed by atoms with Crippen molar-refractivity contribution in [1.29, 1.82) is 0 Å². The second kappa shape index (κ2) is 9.31. The molecule has 156 valence electrons. The number of alkyl carbamates (subject to hydrolysis) is 1. The van der Waals surface area contributed by atoms with E-state index in [1.807, 2.05) is 66.7 Å². The van der Waals surface area contributed by atoms with Crippen molar-refractivity contribution in [1.82, 2.24) is 5.32 Å². The summed E-state index contributed by atoms with van der Waals surface area (Å²) in [6.45, 7) is 5.57. The summed E-state index contributed by atoms with van der Waals surface area (Å²) in [5.41, 5.74) is 1.10. The Morgan fingerprint density at radius 1 is 0.933 bits per heavy atom. The molecule has 0 fully saturated rings. The summed E-state index contributed by atoms with van der Waals surface area (Å²) in [6.07, 6.45) is -0.632. The minimum atomic E-state index is -0.632. The molecule has 0 saturated carbocycles. The quantitative estimate of drug-likeness (QED) is 0.612. The van der Waals surface area contributed by atoms with Gasteiger partial charge in [0.1, 0.15) is 24.5 Å². The van der Waals surface area contributed by atoms with Crippen LogP contribution in [-0.4, -0.2) is 24.1 Å². The van der Waals surface area contributed by atoms with Gasteiger partial charge in [-0.05, 0) is 49.9 Å². The first kappa shape index (κ1) is 21.2. The fourth-order valence-corrected chi connectivity index (χ4v) is 2.85. The van der Waals surface area contributed by atoms with Crippen molar-refractivity contribution in [3.8, 4) is 5.75 Å². The first-order valence-corrected chi connectivity index (χ1v) is 9.76. The first-order valence-electron chi connectivity index (χ1n) is 9.76. The molecule has 0 aliphatic heterocycles. The summed E-state index contributed by atoms with van der Waals surface area (Å²) in [6, 6.07) is 21.3. The molecule has 3 aromatic carbocycles. The lowest BCUT2D eigenvalue weighted by atomic mass is 10.1. The second-order valence-electron chi connectivity index (χ2n) is 7.87. The van der Waals surface area contributed by atoms with Crippen LogP contribution in [0.4, 0.5) is 10.5 Å². The predicted molar refractivity (Wildman–Crippen MR) is 118 cm³/mol. The Balaban J connectivity index is 1.66. The van der Waals surface area contributed by atoms with Gasteiger partial charge in [-0.2, -0.15) is 0 Å². The molecule has 0 aliphatic carbocycles. The molecule has 0 aliphatic rings. The highest BCUT2D eigenvalue weighted by molar-refractivity contribution is 6.03. The van der Waals surface area contributed by atoms with Gasteiger partial charge in [-0.25, -0.2) is 4.79 Å². The maximum Gasteiger partial charge on any atom is 0.408 e. The Morgan fingerprint density at radius 3 is 2.43 bits per heavy atom. The number of ether oxygens (including phenoxy) is 2. The van der Waals surface area contributed by atoms with Crippen LogP contribution >= 0.6 is 0 Å². The molecular weight excluding hydrogens is 380 g/mol. The molecule has 0 unspecified atom stereocenters. The average Bonchev–Trinajstić information content (AvgIpc) is 2.70. The zero-order valence-electron chi connectivity index (χ0n) is 17.4. The first-order chi connectivity index (χ1) is 14.3. The van der Waals surface area contributed by atoms with Crippen molar-refractivity contribution in [2.24, 2.45) is 0 Å². The molecule has 3 aromatic rings.